The molecule has 0 amide bonds. The molecule has 5 heteroatoms. The smallest absolute Gasteiger partial charge is 0.303 e. The molecule has 0 spiro atoms. The summed E-state index contributed by atoms with van der Waals surface area (Å²) in [4.78, 5) is 10.7. The zero-order valence-electron chi connectivity index (χ0n) is 16.3. The third-order valence-corrected chi connectivity index (χ3v) is 5.38. The molecule has 3 rings (SSSR count). The molecule has 0 radical (unpaired) electrons. The maximum atomic E-state index is 10.7. The molecule has 1 N–H and O–H groups in total. The Morgan fingerprint density at radius 1 is 1.21 bits per heavy atom. The van der Waals surface area contributed by atoms with Crippen molar-refractivity contribution in [2.45, 2.75) is 33.1 Å². The summed E-state index contributed by atoms with van der Waals surface area (Å²) >= 11 is 6.29. The molecule has 0 unspecified atom stereocenters. The Bertz CT molecular complexity index is 881. The van der Waals surface area contributed by atoms with Gasteiger partial charge >= 0.3 is 5.97 Å². The van der Waals surface area contributed by atoms with E-state index >= 15 is 0 Å². The number of carboxylic acid groups (broad SMARTS) is 1. The molecule has 0 fully saturated rings. The van der Waals surface area contributed by atoms with Crippen LogP contribution < -0.4 is 4.74 Å². The molecule has 0 aromatic heterocycles. The standard InChI is InChI=1S/C23H25ClO4/c1-15-4-3-5-16(2)23(15)20-10-11-27-13-18(20)14-28-19-8-6-17(21(24)12-19)7-9-22(25)26/h3-6,8,12H,7,9-11,13-14H2,1-2H3,(H,25,26). The van der Waals surface area contributed by atoms with E-state index in [0.29, 0.717) is 30.4 Å². The van der Waals surface area contributed by atoms with E-state index in [2.05, 4.69) is 32.0 Å². The number of halogens is 1. The molecule has 1 heterocycles. The fourth-order valence-electron chi connectivity index (χ4n) is 3.59. The second-order valence-electron chi connectivity index (χ2n) is 7.09. The third kappa shape index (κ3) is 4.94. The summed E-state index contributed by atoms with van der Waals surface area (Å²) in [7, 11) is 0. The lowest BCUT2D eigenvalue weighted by Gasteiger charge is -2.24. The van der Waals surface area contributed by atoms with Crippen LogP contribution in [0.15, 0.2) is 42.0 Å². The van der Waals surface area contributed by atoms with E-state index in [0.717, 1.165) is 24.2 Å². The quantitative estimate of drug-likeness (QED) is 0.691. The number of benzene rings is 2. The summed E-state index contributed by atoms with van der Waals surface area (Å²) in [6.45, 7) is 6.00. The number of hydrogen-bond donors (Lipinski definition) is 1. The van der Waals surface area contributed by atoms with Crippen LogP contribution in [-0.2, 0) is 16.0 Å². The molecule has 1 aliphatic heterocycles. The van der Waals surface area contributed by atoms with Gasteiger partial charge < -0.3 is 14.6 Å². The van der Waals surface area contributed by atoms with Gasteiger partial charge in [0.25, 0.3) is 0 Å². The molecule has 0 saturated heterocycles. The Kier molecular flexibility index (Phi) is 6.76. The first-order valence-corrected chi connectivity index (χ1v) is 9.81. The van der Waals surface area contributed by atoms with Crippen molar-refractivity contribution < 1.29 is 19.4 Å². The van der Waals surface area contributed by atoms with E-state index in [1.54, 1.807) is 6.07 Å². The number of rotatable bonds is 7. The van der Waals surface area contributed by atoms with Gasteiger partial charge in [-0.2, -0.15) is 0 Å². The van der Waals surface area contributed by atoms with Gasteiger partial charge in [0.2, 0.25) is 0 Å². The van der Waals surface area contributed by atoms with Crippen LogP contribution >= 0.6 is 11.6 Å². The normalized spacial score (nSPS) is 14.2. The van der Waals surface area contributed by atoms with Gasteiger partial charge in [0.1, 0.15) is 12.4 Å². The van der Waals surface area contributed by atoms with Crippen LogP contribution in [0.25, 0.3) is 5.57 Å². The average molecular weight is 401 g/mol. The van der Waals surface area contributed by atoms with Crippen molar-refractivity contribution in [3.63, 3.8) is 0 Å². The van der Waals surface area contributed by atoms with Crippen molar-refractivity contribution in [3.05, 3.63) is 69.2 Å². The summed E-state index contributed by atoms with van der Waals surface area (Å²) in [5.41, 5.74) is 7.10. The summed E-state index contributed by atoms with van der Waals surface area (Å²) in [6.07, 6.45) is 1.34. The predicted molar refractivity (Wildman–Crippen MR) is 111 cm³/mol. The minimum Gasteiger partial charge on any atom is -0.489 e. The van der Waals surface area contributed by atoms with Gasteiger partial charge in [-0.3, -0.25) is 4.79 Å². The SMILES string of the molecule is Cc1cccc(C)c1C1=C(COc2ccc(CCC(=O)O)c(Cl)c2)COCC1. The number of aliphatic carboxylic acids is 1. The fourth-order valence-corrected chi connectivity index (χ4v) is 3.85. The minimum absolute atomic E-state index is 0.0588. The number of carboxylic acids is 1. The number of carbonyl (C=O) groups is 1. The summed E-state index contributed by atoms with van der Waals surface area (Å²) < 4.78 is 11.7. The second kappa shape index (κ2) is 9.26. The summed E-state index contributed by atoms with van der Waals surface area (Å²) in [6, 6.07) is 11.8. The first-order valence-electron chi connectivity index (χ1n) is 9.44. The van der Waals surface area contributed by atoms with E-state index in [1.807, 2.05) is 12.1 Å². The van der Waals surface area contributed by atoms with Crippen LogP contribution in [0.2, 0.25) is 5.02 Å². The maximum Gasteiger partial charge on any atom is 0.303 e. The number of aryl methyl sites for hydroxylation is 3. The molecule has 0 atom stereocenters. The molecule has 2 aromatic carbocycles. The highest BCUT2D eigenvalue weighted by atomic mass is 35.5. The van der Waals surface area contributed by atoms with Crippen LogP contribution in [0.3, 0.4) is 0 Å². The molecule has 148 valence electrons. The van der Waals surface area contributed by atoms with E-state index in [-0.39, 0.29) is 6.42 Å². The predicted octanol–water partition coefficient (Wildman–Crippen LogP) is 5.23. The van der Waals surface area contributed by atoms with Crippen LogP contribution in [0, 0.1) is 13.8 Å². The topological polar surface area (TPSA) is 55.8 Å². The van der Waals surface area contributed by atoms with Gasteiger partial charge in [-0.1, -0.05) is 35.9 Å². The average Bonchev–Trinajstić information content (AvgIpc) is 2.66. The Hall–Kier alpha value is -2.30. The van der Waals surface area contributed by atoms with E-state index < -0.39 is 5.97 Å². The van der Waals surface area contributed by atoms with Crippen molar-refractivity contribution >= 4 is 23.1 Å². The molecule has 28 heavy (non-hydrogen) atoms. The Morgan fingerprint density at radius 2 is 1.96 bits per heavy atom. The van der Waals surface area contributed by atoms with Crippen molar-refractivity contribution in [1.82, 2.24) is 0 Å². The lowest BCUT2D eigenvalue weighted by atomic mass is 9.89. The third-order valence-electron chi connectivity index (χ3n) is 5.03. The number of ether oxygens (including phenoxy) is 2. The zero-order valence-corrected chi connectivity index (χ0v) is 17.0. The highest BCUT2D eigenvalue weighted by molar-refractivity contribution is 6.31. The highest BCUT2D eigenvalue weighted by Gasteiger charge is 2.18. The summed E-state index contributed by atoms with van der Waals surface area (Å²) in [5, 5.41) is 9.35. The van der Waals surface area contributed by atoms with Crippen molar-refractivity contribution in [2.75, 3.05) is 19.8 Å². The molecule has 0 saturated carbocycles. The van der Waals surface area contributed by atoms with Gasteiger partial charge in [-0.15, -0.1) is 0 Å². The molecule has 4 nitrogen and oxygen atoms in total. The van der Waals surface area contributed by atoms with Crippen molar-refractivity contribution in [1.29, 1.82) is 0 Å². The van der Waals surface area contributed by atoms with E-state index in [1.165, 1.54) is 22.3 Å². The molecular formula is C23H25ClO4. The van der Waals surface area contributed by atoms with Gasteiger partial charge in [0, 0.05) is 11.4 Å². The molecule has 2 aromatic rings. The Morgan fingerprint density at radius 3 is 2.64 bits per heavy atom. The van der Waals surface area contributed by atoms with Gasteiger partial charge in [0.05, 0.1) is 13.2 Å². The zero-order chi connectivity index (χ0) is 20.1. The Balaban J connectivity index is 1.77. The van der Waals surface area contributed by atoms with Gasteiger partial charge in [-0.25, -0.2) is 0 Å². The summed E-state index contributed by atoms with van der Waals surface area (Å²) in [5.74, 6) is -0.164. The molecular weight excluding hydrogens is 376 g/mol. The van der Waals surface area contributed by atoms with Crippen molar-refractivity contribution in [3.8, 4) is 5.75 Å². The first kappa shape index (κ1) is 20.4. The van der Waals surface area contributed by atoms with Crippen LogP contribution in [-0.4, -0.2) is 30.9 Å². The first-order chi connectivity index (χ1) is 13.5. The molecule has 0 aliphatic carbocycles. The highest BCUT2D eigenvalue weighted by Crippen LogP contribution is 2.32. The lowest BCUT2D eigenvalue weighted by Crippen LogP contribution is -2.17. The fraction of sp³-hybridized carbons (Fsp3) is 0.348. The number of hydrogen-bond acceptors (Lipinski definition) is 3. The Labute approximate surface area is 170 Å². The van der Waals surface area contributed by atoms with Gasteiger partial charge in [-0.05, 0) is 72.2 Å². The lowest BCUT2D eigenvalue weighted by molar-refractivity contribution is -0.136. The minimum atomic E-state index is -0.834. The maximum absolute atomic E-state index is 10.7. The monoisotopic (exact) mass is 400 g/mol. The molecule has 0 bridgehead atoms. The second-order valence-corrected chi connectivity index (χ2v) is 7.49. The van der Waals surface area contributed by atoms with Crippen LogP contribution in [0.1, 0.15) is 35.1 Å². The van der Waals surface area contributed by atoms with E-state index in [4.69, 9.17) is 26.2 Å². The van der Waals surface area contributed by atoms with Gasteiger partial charge in [0.15, 0.2) is 0 Å². The molecule has 1 aliphatic rings. The van der Waals surface area contributed by atoms with Crippen LogP contribution in [0.4, 0.5) is 0 Å². The van der Waals surface area contributed by atoms with Crippen molar-refractivity contribution in [2.24, 2.45) is 0 Å². The van der Waals surface area contributed by atoms with E-state index in [9.17, 15) is 4.79 Å². The van der Waals surface area contributed by atoms with Crippen LogP contribution in [0.5, 0.6) is 5.75 Å². The largest absolute Gasteiger partial charge is 0.489 e.